The van der Waals surface area contributed by atoms with Crippen LogP contribution in [0.2, 0.25) is 0 Å². The predicted octanol–water partition coefficient (Wildman–Crippen LogP) is 2.44. The molecule has 0 heterocycles. The Labute approximate surface area is 94.2 Å². The molecule has 1 aromatic carbocycles. The third-order valence-corrected chi connectivity index (χ3v) is 2.10. The van der Waals surface area contributed by atoms with Crippen molar-refractivity contribution in [1.82, 2.24) is 0 Å². The maximum Gasteiger partial charge on any atom is 0.150 e. The molecule has 16 heavy (non-hydrogen) atoms. The normalized spacial score (nSPS) is 12.2. The largest absolute Gasteiger partial charge is 0.491 e. The molecule has 0 aliphatic heterocycles. The van der Waals surface area contributed by atoms with Gasteiger partial charge in [0.15, 0.2) is 0 Å². The van der Waals surface area contributed by atoms with Crippen molar-refractivity contribution in [2.24, 2.45) is 0 Å². The van der Waals surface area contributed by atoms with Crippen LogP contribution >= 0.6 is 0 Å². The van der Waals surface area contributed by atoms with Crippen molar-refractivity contribution < 1.29 is 18.7 Å². The molecule has 3 nitrogen and oxygen atoms in total. The fourth-order valence-electron chi connectivity index (χ4n) is 1.30. The van der Waals surface area contributed by atoms with E-state index in [9.17, 15) is 9.18 Å². The molecule has 88 valence electrons. The van der Waals surface area contributed by atoms with Crippen molar-refractivity contribution >= 4 is 6.29 Å². The number of methoxy groups -OCH3 is 1. The van der Waals surface area contributed by atoms with E-state index < -0.39 is 5.82 Å². The van der Waals surface area contributed by atoms with E-state index in [0.29, 0.717) is 25.1 Å². The maximum absolute atomic E-state index is 13.1. The Morgan fingerprint density at radius 1 is 1.44 bits per heavy atom. The van der Waals surface area contributed by atoms with Gasteiger partial charge < -0.3 is 9.47 Å². The Morgan fingerprint density at radius 2 is 2.19 bits per heavy atom. The molecule has 1 atom stereocenters. The van der Waals surface area contributed by atoms with Crippen LogP contribution in [0.3, 0.4) is 0 Å². The number of rotatable bonds is 6. The number of carbonyl (C=O) groups excluding carboxylic acids is 1. The molecule has 0 bridgehead atoms. The fraction of sp³-hybridized carbons (Fsp3) is 0.417. The average molecular weight is 226 g/mol. The van der Waals surface area contributed by atoms with Crippen LogP contribution in [0.1, 0.15) is 23.7 Å². The minimum absolute atomic E-state index is 0.0822. The molecule has 0 amide bonds. The first-order valence-electron chi connectivity index (χ1n) is 5.07. The van der Waals surface area contributed by atoms with Gasteiger partial charge in [-0.3, -0.25) is 4.79 Å². The van der Waals surface area contributed by atoms with Crippen LogP contribution in [-0.2, 0) is 4.74 Å². The van der Waals surface area contributed by atoms with Crippen molar-refractivity contribution in [2.45, 2.75) is 19.4 Å². The fourth-order valence-corrected chi connectivity index (χ4v) is 1.30. The highest BCUT2D eigenvalue weighted by Gasteiger charge is 2.06. The maximum atomic E-state index is 13.1. The first kappa shape index (κ1) is 12.6. The van der Waals surface area contributed by atoms with E-state index >= 15 is 0 Å². The van der Waals surface area contributed by atoms with Gasteiger partial charge in [-0.1, -0.05) is 0 Å². The molecule has 1 rings (SSSR count). The van der Waals surface area contributed by atoms with Gasteiger partial charge in [-0.25, -0.2) is 4.39 Å². The van der Waals surface area contributed by atoms with E-state index in [1.165, 1.54) is 18.2 Å². The lowest BCUT2D eigenvalue weighted by molar-refractivity contribution is 0.112. The Morgan fingerprint density at radius 3 is 2.81 bits per heavy atom. The van der Waals surface area contributed by atoms with Crippen LogP contribution in [0.4, 0.5) is 4.39 Å². The van der Waals surface area contributed by atoms with Crippen molar-refractivity contribution in [1.29, 1.82) is 0 Å². The molecule has 0 N–H and O–H groups in total. The first-order valence-corrected chi connectivity index (χ1v) is 5.07. The predicted molar refractivity (Wildman–Crippen MR) is 58.4 cm³/mol. The van der Waals surface area contributed by atoms with Crippen LogP contribution < -0.4 is 4.74 Å². The summed E-state index contributed by atoms with van der Waals surface area (Å²) in [5, 5.41) is 0. The Bertz CT molecular complexity index is 352. The molecule has 1 aromatic rings. The Kier molecular flexibility index (Phi) is 4.92. The summed E-state index contributed by atoms with van der Waals surface area (Å²) in [6.07, 6.45) is 1.22. The van der Waals surface area contributed by atoms with Gasteiger partial charge in [-0.05, 0) is 19.1 Å². The molecule has 0 saturated carbocycles. The standard InChI is InChI=1S/C12H15FO3/c1-9(3-4-15-2)16-12-6-10(8-14)5-11(13)7-12/h5-9H,3-4H2,1-2H3. The third-order valence-electron chi connectivity index (χ3n) is 2.10. The zero-order chi connectivity index (χ0) is 12.0. The van der Waals surface area contributed by atoms with Crippen molar-refractivity contribution in [3.8, 4) is 5.75 Å². The molecule has 0 aliphatic carbocycles. The van der Waals surface area contributed by atoms with Crippen LogP contribution in [0.15, 0.2) is 18.2 Å². The second-order valence-electron chi connectivity index (χ2n) is 3.55. The van der Waals surface area contributed by atoms with Crippen LogP contribution in [0.25, 0.3) is 0 Å². The Hall–Kier alpha value is -1.42. The van der Waals surface area contributed by atoms with Crippen LogP contribution in [0, 0.1) is 5.82 Å². The molecule has 0 aromatic heterocycles. The molecule has 0 fully saturated rings. The number of hydrogen-bond acceptors (Lipinski definition) is 3. The summed E-state index contributed by atoms with van der Waals surface area (Å²) < 4.78 is 23.4. The quantitative estimate of drug-likeness (QED) is 0.699. The first-order chi connectivity index (χ1) is 7.65. The third kappa shape index (κ3) is 3.98. The van der Waals surface area contributed by atoms with Crippen molar-refractivity contribution in [3.05, 3.63) is 29.6 Å². The number of benzene rings is 1. The molecule has 4 heteroatoms. The summed E-state index contributed by atoms with van der Waals surface area (Å²) >= 11 is 0. The molecular weight excluding hydrogens is 211 g/mol. The molecule has 0 radical (unpaired) electrons. The topological polar surface area (TPSA) is 35.5 Å². The minimum Gasteiger partial charge on any atom is -0.491 e. The van der Waals surface area contributed by atoms with Gasteiger partial charge in [0.05, 0.1) is 6.10 Å². The monoisotopic (exact) mass is 226 g/mol. The van der Waals surface area contributed by atoms with Crippen molar-refractivity contribution in [3.63, 3.8) is 0 Å². The van der Waals surface area contributed by atoms with Crippen LogP contribution in [0.5, 0.6) is 5.75 Å². The molecule has 0 aliphatic rings. The summed E-state index contributed by atoms with van der Waals surface area (Å²) in [7, 11) is 1.61. The summed E-state index contributed by atoms with van der Waals surface area (Å²) in [5.41, 5.74) is 0.272. The lowest BCUT2D eigenvalue weighted by Gasteiger charge is -2.14. The van der Waals surface area contributed by atoms with Gasteiger partial charge in [0, 0.05) is 31.8 Å². The second-order valence-corrected chi connectivity index (χ2v) is 3.55. The average Bonchev–Trinajstić information content (AvgIpc) is 2.25. The summed E-state index contributed by atoms with van der Waals surface area (Å²) in [4.78, 5) is 10.5. The van der Waals surface area contributed by atoms with Crippen LogP contribution in [-0.4, -0.2) is 26.1 Å². The number of ether oxygens (including phenoxy) is 2. The SMILES string of the molecule is COCCC(C)Oc1cc(F)cc(C=O)c1. The number of halogens is 1. The number of hydrogen-bond donors (Lipinski definition) is 0. The smallest absolute Gasteiger partial charge is 0.150 e. The molecule has 0 saturated heterocycles. The Balaban J connectivity index is 2.65. The van der Waals surface area contributed by atoms with E-state index in [4.69, 9.17) is 9.47 Å². The van der Waals surface area contributed by atoms with E-state index in [1.807, 2.05) is 6.92 Å². The minimum atomic E-state index is -0.474. The molecular formula is C12H15FO3. The highest BCUT2D eigenvalue weighted by atomic mass is 19.1. The summed E-state index contributed by atoms with van der Waals surface area (Å²) in [5.74, 6) is -0.107. The highest BCUT2D eigenvalue weighted by Crippen LogP contribution is 2.17. The van der Waals surface area contributed by atoms with Crippen molar-refractivity contribution in [2.75, 3.05) is 13.7 Å². The van der Waals surface area contributed by atoms with Gasteiger partial charge in [-0.2, -0.15) is 0 Å². The number of aldehydes is 1. The zero-order valence-corrected chi connectivity index (χ0v) is 9.40. The summed E-state index contributed by atoms with van der Waals surface area (Å²) in [6.45, 7) is 2.45. The molecule has 0 spiro atoms. The lowest BCUT2D eigenvalue weighted by Crippen LogP contribution is -2.14. The van der Waals surface area contributed by atoms with E-state index in [1.54, 1.807) is 7.11 Å². The lowest BCUT2D eigenvalue weighted by atomic mass is 10.2. The number of carbonyl (C=O) groups is 1. The second kappa shape index (κ2) is 6.23. The summed E-state index contributed by atoms with van der Waals surface area (Å²) in [6, 6.07) is 3.94. The van der Waals surface area contributed by atoms with E-state index in [2.05, 4.69) is 0 Å². The molecule has 1 unspecified atom stereocenters. The van der Waals surface area contributed by atoms with Gasteiger partial charge in [0.25, 0.3) is 0 Å². The van der Waals surface area contributed by atoms with E-state index in [0.717, 1.165) is 0 Å². The van der Waals surface area contributed by atoms with Gasteiger partial charge in [-0.15, -0.1) is 0 Å². The zero-order valence-electron chi connectivity index (χ0n) is 9.40. The van der Waals surface area contributed by atoms with Gasteiger partial charge in [0.1, 0.15) is 17.9 Å². The van der Waals surface area contributed by atoms with Gasteiger partial charge in [0.2, 0.25) is 0 Å². The van der Waals surface area contributed by atoms with E-state index in [-0.39, 0.29) is 11.7 Å². The highest BCUT2D eigenvalue weighted by molar-refractivity contribution is 5.75. The van der Waals surface area contributed by atoms with Gasteiger partial charge >= 0.3 is 0 Å².